The normalized spacial score (nSPS) is 12.5. The molecule has 0 bridgehead atoms. The van der Waals surface area contributed by atoms with Crippen LogP contribution < -0.4 is 0 Å². The molecule has 21 heavy (non-hydrogen) atoms. The summed E-state index contributed by atoms with van der Waals surface area (Å²) in [4.78, 5) is 12.3. The third kappa shape index (κ3) is 4.31. The largest absolute Gasteiger partial charge is 0.507 e. The second-order valence-corrected chi connectivity index (χ2v) is 7.48. The van der Waals surface area contributed by atoms with Crippen LogP contribution in [0.1, 0.15) is 70.0 Å². The van der Waals surface area contributed by atoms with Gasteiger partial charge < -0.3 is 9.84 Å². The highest BCUT2D eigenvalue weighted by Crippen LogP contribution is 2.39. The lowest BCUT2D eigenvalue weighted by Crippen LogP contribution is -2.20. The average Bonchev–Trinajstić information content (AvgIpc) is 2.33. The van der Waals surface area contributed by atoms with Crippen LogP contribution in [-0.4, -0.2) is 24.1 Å². The van der Waals surface area contributed by atoms with E-state index in [1.807, 2.05) is 48.5 Å². The van der Waals surface area contributed by atoms with Gasteiger partial charge in [-0.2, -0.15) is 0 Å². The molecule has 0 aliphatic heterocycles. The monoisotopic (exact) mass is 292 g/mol. The van der Waals surface area contributed by atoms with E-state index < -0.39 is 0 Å². The summed E-state index contributed by atoms with van der Waals surface area (Å²) in [6, 6.07) is 3.60. The minimum absolute atomic E-state index is 0.0483. The van der Waals surface area contributed by atoms with E-state index >= 15 is 0 Å². The van der Waals surface area contributed by atoms with Crippen LogP contribution in [-0.2, 0) is 15.6 Å². The van der Waals surface area contributed by atoms with Crippen molar-refractivity contribution < 1.29 is 14.6 Å². The van der Waals surface area contributed by atoms with Crippen molar-refractivity contribution in [3.05, 3.63) is 28.8 Å². The second kappa shape index (κ2) is 6.18. The molecule has 0 spiro atoms. The first-order valence-electron chi connectivity index (χ1n) is 7.47. The summed E-state index contributed by atoms with van der Waals surface area (Å²) in [5.41, 5.74) is 1.75. The molecule has 0 amide bonds. The van der Waals surface area contributed by atoms with Crippen molar-refractivity contribution in [3.63, 3.8) is 0 Å². The van der Waals surface area contributed by atoms with Gasteiger partial charge >= 0.3 is 0 Å². The maximum Gasteiger partial charge on any atom is 0.188 e. The first-order chi connectivity index (χ1) is 9.48. The Balaban J connectivity index is 3.44. The van der Waals surface area contributed by atoms with E-state index in [-0.39, 0.29) is 23.2 Å². The summed E-state index contributed by atoms with van der Waals surface area (Å²) in [5, 5.41) is 10.6. The number of phenols is 1. The van der Waals surface area contributed by atoms with Crippen molar-refractivity contribution in [2.75, 3.05) is 13.2 Å². The Labute approximate surface area is 128 Å². The molecule has 3 heteroatoms. The Bertz CT molecular complexity index is 481. The number of rotatable bonds is 4. The molecule has 3 nitrogen and oxygen atoms in total. The van der Waals surface area contributed by atoms with Crippen molar-refractivity contribution in [1.29, 1.82) is 0 Å². The quantitative estimate of drug-likeness (QED) is 0.846. The Hall–Kier alpha value is -1.35. The first kappa shape index (κ1) is 17.7. The number of hydrogen-bond acceptors (Lipinski definition) is 3. The van der Waals surface area contributed by atoms with Crippen LogP contribution in [0, 0.1) is 0 Å². The summed E-state index contributed by atoms with van der Waals surface area (Å²) in [6.45, 7) is 14.7. The van der Waals surface area contributed by atoms with Gasteiger partial charge in [0.2, 0.25) is 0 Å². The Morgan fingerprint density at radius 1 is 1.05 bits per heavy atom. The number of carbonyl (C=O) groups excluding carboxylic acids is 1. The fourth-order valence-corrected chi connectivity index (χ4v) is 2.22. The van der Waals surface area contributed by atoms with Gasteiger partial charge in [-0.15, -0.1) is 0 Å². The molecule has 0 fully saturated rings. The predicted molar refractivity (Wildman–Crippen MR) is 86.3 cm³/mol. The Morgan fingerprint density at radius 3 is 1.81 bits per heavy atom. The van der Waals surface area contributed by atoms with Crippen LogP contribution in [0.4, 0.5) is 0 Å². The highest BCUT2D eigenvalue weighted by Gasteiger charge is 2.27. The van der Waals surface area contributed by atoms with Crippen molar-refractivity contribution in [2.45, 2.75) is 59.3 Å². The summed E-state index contributed by atoms with van der Waals surface area (Å²) in [7, 11) is 0. The summed E-state index contributed by atoms with van der Waals surface area (Å²) < 4.78 is 5.22. The zero-order valence-electron chi connectivity index (χ0n) is 14.3. The van der Waals surface area contributed by atoms with Gasteiger partial charge in [-0.1, -0.05) is 41.5 Å². The van der Waals surface area contributed by atoms with Crippen molar-refractivity contribution >= 4 is 5.78 Å². The topological polar surface area (TPSA) is 46.5 Å². The fourth-order valence-electron chi connectivity index (χ4n) is 2.22. The molecule has 0 saturated heterocycles. The van der Waals surface area contributed by atoms with Crippen molar-refractivity contribution in [2.24, 2.45) is 0 Å². The third-order valence-corrected chi connectivity index (χ3v) is 3.49. The highest BCUT2D eigenvalue weighted by molar-refractivity contribution is 5.97. The van der Waals surface area contributed by atoms with Crippen LogP contribution >= 0.6 is 0 Å². The number of carbonyl (C=O) groups is 1. The molecular weight excluding hydrogens is 264 g/mol. The van der Waals surface area contributed by atoms with Crippen molar-refractivity contribution in [1.82, 2.24) is 0 Å². The standard InChI is InChI=1S/C18H28O3/c1-8-21-11-15(19)12-9-13(17(2,3)4)16(20)14(10-12)18(5,6)7/h9-10,20H,8,11H2,1-7H3. The number of ether oxygens (including phenoxy) is 1. The molecule has 1 N–H and O–H groups in total. The number of Topliss-reactive ketones (excluding diaryl/α,β-unsaturated/α-hetero) is 1. The fraction of sp³-hybridized carbons (Fsp3) is 0.611. The zero-order chi connectivity index (χ0) is 16.4. The van der Waals surface area contributed by atoms with Gasteiger partial charge in [-0.25, -0.2) is 0 Å². The zero-order valence-corrected chi connectivity index (χ0v) is 14.3. The number of benzene rings is 1. The molecule has 1 aromatic carbocycles. The van der Waals surface area contributed by atoms with Gasteiger partial charge in [-0.05, 0) is 29.9 Å². The van der Waals surface area contributed by atoms with Gasteiger partial charge in [0.15, 0.2) is 5.78 Å². The van der Waals surface area contributed by atoms with E-state index in [9.17, 15) is 9.90 Å². The van der Waals surface area contributed by atoms with E-state index in [1.165, 1.54) is 0 Å². The molecule has 118 valence electrons. The molecule has 0 aliphatic carbocycles. The van der Waals surface area contributed by atoms with E-state index in [0.29, 0.717) is 17.9 Å². The van der Waals surface area contributed by atoms with Crippen LogP contribution in [0.3, 0.4) is 0 Å². The number of phenolic OH excluding ortho intramolecular Hbond substituents is 1. The molecule has 0 aromatic heterocycles. The molecule has 0 aliphatic rings. The molecule has 0 heterocycles. The third-order valence-electron chi connectivity index (χ3n) is 3.49. The van der Waals surface area contributed by atoms with E-state index in [0.717, 1.165) is 11.1 Å². The second-order valence-electron chi connectivity index (χ2n) is 7.48. The van der Waals surface area contributed by atoms with Crippen LogP contribution in [0.15, 0.2) is 12.1 Å². The number of ketones is 1. The minimum Gasteiger partial charge on any atom is -0.507 e. The molecule has 1 rings (SSSR count). The lowest BCUT2D eigenvalue weighted by Gasteiger charge is -2.28. The summed E-state index contributed by atoms with van der Waals surface area (Å²) >= 11 is 0. The van der Waals surface area contributed by atoms with Gasteiger partial charge in [0.1, 0.15) is 12.4 Å². The van der Waals surface area contributed by atoms with Crippen LogP contribution in [0.25, 0.3) is 0 Å². The van der Waals surface area contributed by atoms with Gasteiger partial charge in [0.25, 0.3) is 0 Å². The van der Waals surface area contributed by atoms with E-state index in [2.05, 4.69) is 0 Å². The summed E-state index contributed by atoms with van der Waals surface area (Å²) in [5.74, 6) is 0.246. The van der Waals surface area contributed by atoms with Gasteiger partial charge in [0.05, 0.1) is 0 Å². The lowest BCUT2D eigenvalue weighted by atomic mass is 9.78. The first-order valence-corrected chi connectivity index (χ1v) is 7.47. The molecule has 0 unspecified atom stereocenters. The lowest BCUT2D eigenvalue weighted by molar-refractivity contribution is 0.0783. The van der Waals surface area contributed by atoms with E-state index in [4.69, 9.17) is 4.74 Å². The van der Waals surface area contributed by atoms with Gasteiger partial charge in [0, 0.05) is 23.3 Å². The number of aromatic hydroxyl groups is 1. The molecule has 0 saturated carbocycles. The summed E-state index contributed by atoms with van der Waals surface area (Å²) in [6.07, 6.45) is 0. The molecular formula is C18H28O3. The molecule has 0 radical (unpaired) electrons. The SMILES string of the molecule is CCOCC(=O)c1cc(C(C)(C)C)c(O)c(C(C)(C)C)c1. The Morgan fingerprint density at radius 2 is 1.48 bits per heavy atom. The maximum atomic E-state index is 12.3. The molecule has 0 atom stereocenters. The highest BCUT2D eigenvalue weighted by atomic mass is 16.5. The number of hydrogen-bond donors (Lipinski definition) is 1. The molecule has 1 aromatic rings. The Kier molecular flexibility index (Phi) is 5.21. The predicted octanol–water partition coefficient (Wildman–Crippen LogP) is 4.21. The van der Waals surface area contributed by atoms with Crippen LogP contribution in [0.5, 0.6) is 5.75 Å². The average molecular weight is 292 g/mol. The smallest absolute Gasteiger partial charge is 0.188 e. The van der Waals surface area contributed by atoms with Gasteiger partial charge in [-0.3, -0.25) is 4.79 Å². The maximum absolute atomic E-state index is 12.3. The van der Waals surface area contributed by atoms with Crippen molar-refractivity contribution in [3.8, 4) is 5.75 Å². The van der Waals surface area contributed by atoms with Crippen LogP contribution in [0.2, 0.25) is 0 Å². The minimum atomic E-state index is -0.230. The van der Waals surface area contributed by atoms with E-state index in [1.54, 1.807) is 12.1 Å².